The van der Waals surface area contributed by atoms with Gasteiger partial charge in [-0.3, -0.25) is 14.4 Å². The van der Waals surface area contributed by atoms with Crippen LogP contribution < -0.4 is 15.4 Å². The van der Waals surface area contributed by atoms with Crippen LogP contribution in [0.25, 0.3) is 0 Å². The molecule has 6 heteroatoms. The van der Waals surface area contributed by atoms with Crippen molar-refractivity contribution in [1.82, 2.24) is 5.32 Å². The van der Waals surface area contributed by atoms with E-state index in [0.29, 0.717) is 17.0 Å². The first-order valence-corrected chi connectivity index (χ1v) is 9.91. The fourth-order valence-electron chi connectivity index (χ4n) is 3.12. The molecule has 0 unspecified atom stereocenters. The fraction of sp³-hybridized carbons (Fsp3) is 0.160. The van der Waals surface area contributed by atoms with Gasteiger partial charge in [-0.15, -0.1) is 0 Å². The number of benzene rings is 3. The predicted molar refractivity (Wildman–Crippen MR) is 119 cm³/mol. The van der Waals surface area contributed by atoms with Crippen molar-refractivity contribution in [3.8, 4) is 5.75 Å². The van der Waals surface area contributed by atoms with Crippen LogP contribution in [-0.4, -0.2) is 17.8 Å². The van der Waals surface area contributed by atoms with E-state index < -0.39 is 5.97 Å². The Morgan fingerprint density at radius 3 is 2.32 bits per heavy atom. The molecule has 3 aromatic carbocycles. The van der Waals surface area contributed by atoms with E-state index in [1.807, 2.05) is 49.4 Å². The van der Waals surface area contributed by atoms with Crippen LogP contribution in [0.15, 0.2) is 72.8 Å². The number of amides is 2. The Labute approximate surface area is 181 Å². The lowest BCUT2D eigenvalue weighted by atomic mass is 10.1. The van der Waals surface area contributed by atoms with Crippen LogP contribution in [0.5, 0.6) is 5.75 Å². The van der Waals surface area contributed by atoms with Gasteiger partial charge in [0.2, 0.25) is 5.91 Å². The van der Waals surface area contributed by atoms with Crippen molar-refractivity contribution >= 4 is 23.5 Å². The Balaban J connectivity index is 1.64. The lowest BCUT2D eigenvalue weighted by Gasteiger charge is -2.13. The van der Waals surface area contributed by atoms with Gasteiger partial charge in [-0.25, -0.2) is 0 Å². The van der Waals surface area contributed by atoms with E-state index in [1.165, 1.54) is 13.0 Å². The summed E-state index contributed by atoms with van der Waals surface area (Å²) in [5.41, 5.74) is 3.84. The smallest absolute Gasteiger partial charge is 0.308 e. The minimum absolute atomic E-state index is 0.123. The summed E-state index contributed by atoms with van der Waals surface area (Å²) in [4.78, 5) is 36.2. The van der Waals surface area contributed by atoms with Crippen LogP contribution in [-0.2, 0) is 22.6 Å². The molecule has 158 valence electrons. The quantitative estimate of drug-likeness (QED) is 0.450. The summed E-state index contributed by atoms with van der Waals surface area (Å²) >= 11 is 0. The number of ether oxygens (including phenoxy) is 1. The van der Waals surface area contributed by atoms with Gasteiger partial charge in [0.25, 0.3) is 5.91 Å². The molecule has 0 bridgehead atoms. The molecule has 0 aliphatic heterocycles. The van der Waals surface area contributed by atoms with Crippen molar-refractivity contribution in [3.05, 3.63) is 95.1 Å². The molecule has 6 nitrogen and oxygen atoms in total. The van der Waals surface area contributed by atoms with Gasteiger partial charge in [0, 0.05) is 24.7 Å². The number of aryl methyl sites for hydroxylation is 1. The number of rotatable bonds is 7. The summed E-state index contributed by atoms with van der Waals surface area (Å²) in [5.74, 6) is -0.575. The number of carbonyl (C=O) groups is 3. The highest BCUT2D eigenvalue weighted by molar-refractivity contribution is 5.95. The summed E-state index contributed by atoms with van der Waals surface area (Å²) in [6.45, 7) is 3.51. The molecule has 0 saturated carbocycles. The zero-order valence-electron chi connectivity index (χ0n) is 17.5. The molecule has 2 N–H and O–H groups in total. The van der Waals surface area contributed by atoms with Gasteiger partial charge >= 0.3 is 5.97 Å². The number of nitrogens with one attached hydrogen (secondary N) is 2. The fourth-order valence-corrected chi connectivity index (χ4v) is 3.12. The molecule has 0 aliphatic rings. The van der Waals surface area contributed by atoms with E-state index in [1.54, 1.807) is 24.3 Å². The number of esters is 1. The minimum Gasteiger partial charge on any atom is -0.427 e. The first-order chi connectivity index (χ1) is 14.9. The Bertz CT molecular complexity index is 1110. The standard InChI is InChI=1S/C25H24N2O4/c1-17-8-3-4-9-19(17)15-24(29)27-23-13-6-5-10-21(23)16-26-25(30)20-11-7-12-22(14-20)31-18(2)28/h3-14H,15-16H2,1-2H3,(H,26,30)(H,27,29). The summed E-state index contributed by atoms with van der Waals surface area (Å²) in [5, 5.41) is 5.77. The van der Waals surface area contributed by atoms with Crippen molar-refractivity contribution in [2.45, 2.75) is 26.8 Å². The highest BCUT2D eigenvalue weighted by Crippen LogP contribution is 2.17. The largest absolute Gasteiger partial charge is 0.427 e. The minimum atomic E-state index is -0.451. The van der Waals surface area contributed by atoms with Crippen LogP contribution in [0.2, 0.25) is 0 Å². The second-order valence-corrected chi connectivity index (χ2v) is 7.11. The summed E-state index contributed by atoms with van der Waals surface area (Å²) in [6.07, 6.45) is 0.274. The first-order valence-electron chi connectivity index (χ1n) is 9.91. The number of anilines is 1. The van der Waals surface area contributed by atoms with Gasteiger partial charge < -0.3 is 15.4 Å². The predicted octanol–water partition coefficient (Wildman–Crippen LogP) is 4.03. The number of hydrogen-bond acceptors (Lipinski definition) is 4. The second-order valence-electron chi connectivity index (χ2n) is 7.11. The lowest BCUT2D eigenvalue weighted by molar-refractivity contribution is -0.131. The maximum absolute atomic E-state index is 12.5. The van der Waals surface area contributed by atoms with E-state index in [0.717, 1.165) is 16.7 Å². The van der Waals surface area contributed by atoms with Crippen molar-refractivity contribution in [2.75, 3.05) is 5.32 Å². The van der Waals surface area contributed by atoms with E-state index in [4.69, 9.17) is 4.74 Å². The molecule has 0 aliphatic carbocycles. The maximum atomic E-state index is 12.5. The molecule has 0 spiro atoms. The molecule has 0 saturated heterocycles. The average molecular weight is 416 g/mol. The van der Waals surface area contributed by atoms with Gasteiger partial charge in [0.05, 0.1) is 6.42 Å². The van der Waals surface area contributed by atoms with Gasteiger partial charge in [-0.1, -0.05) is 48.5 Å². The van der Waals surface area contributed by atoms with E-state index in [-0.39, 0.29) is 24.8 Å². The molecule has 2 amide bonds. The molecular formula is C25H24N2O4. The molecule has 3 aromatic rings. The Morgan fingerprint density at radius 2 is 1.58 bits per heavy atom. The van der Waals surface area contributed by atoms with E-state index >= 15 is 0 Å². The van der Waals surface area contributed by atoms with Gasteiger partial charge in [-0.2, -0.15) is 0 Å². The lowest BCUT2D eigenvalue weighted by Crippen LogP contribution is -2.24. The Morgan fingerprint density at radius 1 is 0.871 bits per heavy atom. The molecule has 0 radical (unpaired) electrons. The maximum Gasteiger partial charge on any atom is 0.308 e. The highest BCUT2D eigenvalue weighted by atomic mass is 16.5. The van der Waals surface area contributed by atoms with Crippen LogP contribution in [0.3, 0.4) is 0 Å². The third-order valence-electron chi connectivity index (χ3n) is 4.70. The van der Waals surface area contributed by atoms with Crippen molar-refractivity contribution < 1.29 is 19.1 Å². The van der Waals surface area contributed by atoms with Crippen LogP contribution in [0.4, 0.5) is 5.69 Å². The third kappa shape index (κ3) is 6.27. The highest BCUT2D eigenvalue weighted by Gasteiger charge is 2.11. The zero-order valence-corrected chi connectivity index (χ0v) is 17.5. The van der Waals surface area contributed by atoms with E-state index in [2.05, 4.69) is 10.6 Å². The molecule has 0 aromatic heterocycles. The molecule has 0 fully saturated rings. The van der Waals surface area contributed by atoms with Gasteiger partial charge in [0.15, 0.2) is 0 Å². The number of hydrogen-bond donors (Lipinski definition) is 2. The van der Waals surface area contributed by atoms with Crippen LogP contribution in [0, 0.1) is 6.92 Å². The van der Waals surface area contributed by atoms with Crippen molar-refractivity contribution in [2.24, 2.45) is 0 Å². The number of para-hydroxylation sites is 1. The SMILES string of the molecule is CC(=O)Oc1cccc(C(=O)NCc2ccccc2NC(=O)Cc2ccccc2C)c1. The van der Waals surface area contributed by atoms with Crippen molar-refractivity contribution in [1.29, 1.82) is 0 Å². The number of carbonyl (C=O) groups excluding carboxylic acids is 3. The van der Waals surface area contributed by atoms with Crippen LogP contribution >= 0.6 is 0 Å². The second kappa shape index (κ2) is 10.2. The van der Waals surface area contributed by atoms with Crippen molar-refractivity contribution in [3.63, 3.8) is 0 Å². The normalized spacial score (nSPS) is 10.3. The summed E-state index contributed by atoms with van der Waals surface area (Å²) in [7, 11) is 0. The third-order valence-corrected chi connectivity index (χ3v) is 4.70. The Kier molecular flexibility index (Phi) is 7.17. The molecule has 0 atom stereocenters. The average Bonchev–Trinajstić information content (AvgIpc) is 2.74. The monoisotopic (exact) mass is 416 g/mol. The van der Waals surface area contributed by atoms with E-state index in [9.17, 15) is 14.4 Å². The zero-order chi connectivity index (χ0) is 22.2. The summed E-state index contributed by atoms with van der Waals surface area (Å²) in [6, 6.07) is 21.5. The molecule has 0 heterocycles. The summed E-state index contributed by atoms with van der Waals surface area (Å²) < 4.78 is 5.02. The van der Waals surface area contributed by atoms with Crippen LogP contribution in [0.1, 0.15) is 34.0 Å². The van der Waals surface area contributed by atoms with Gasteiger partial charge in [-0.05, 0) is 47.9 Å². The van der Waals surface area contributed by atoms with Gasteiger partial charge in [0.1, 0.15) is 5.75 Å². The first kappa shape index (κ1) is 21.8. The molecular weight excluding hydrogens is 392 g/mol. The molecule has 31 heavy (non-hydrogen) atoms. The topological polar surface area (TPSA) is 84.5 Å². The molecule has 3 rings (SSSR count). The Hall–Kier alpha value is -3.93.